The molecule has 4 nitrogen and oxygen atoms in total. The SMILES string of the molecule is CC1(C(=O)O)CC(C(=O)O)=CC=C1c1ccc(Br)cc1. The van der Waals surface area contributed by atoms with Crippen LogP contribution < -0.4 is 0 Å². The van der Waals surface area contributed by atoms with Crippen molar-refractivity contribution >= 4 is 33.4 Å². The summed E-state index contributed by atoms with van der Waals surface area (Å²) in [6, 6.07) is 7.29. The first-order chi connectivity index (χ1) is 9.34. The van der Waals surface area contributed by atoms with Gasteiger partial charge in [0.25, 0.3) is 0 Å². The van der Waals surface area contributed by atoms with E-state index in [-0.39, 0.29) is 12.0 Å². The predicted molar refractivity (Wildman–Crippen MR) is 78.2 cm³/mol. The van der Waals surface area contributed by atoms with Crippen molar-refractivity contribution in [3.63, 3.8) is 0 Å². The molecule has 104 valence electrons. The molecule has 2 rings (SSSR count). The first-order valence-corrected chi connectivity index (χ1v) is 6.78. The molecule has 0 fully saturated rings. The van der Waals surface area contributed by atoms with Crippen LogP contribution in [0.2, 0.25) is 0 Å². The molecule has 0 spiro atoms. The minimum atomic E-state index is -1.24. The Labute approximate surface area is 124 Å². The second kappa shape index (κ2) is 5.25. The van der Waals surface area contributed by atoms with Gasteiger partial charge < -0.3 is 10.2 Å². The Morgan fingerprint density at radius 3 is 2.25 bits per heavy atom. The molecular weight excluding hydrogens is 324 g/mol. The molecule has 0 radical (unpaired) electrons. The first-order valence-electron chi connectivity index (χ1n) is 5.98. The molecule has 1 aromatic carbocycles. The summed E-state index contributed by atoms with van der Waals surface area (Å²) in [5, 5.41) is 18.6. The van der Waals surface area contributed by atoms with E-state index in [1.54, 1.807) is 13.0 Å². The molecule has 1 unspecified atom stereocenters. The average Bonchev–Trinajstić information content (AvgIpc) is 2.39. The van der Waals surface area contributed by atoms with Crippen LogP contribution in [-0.4, -0.2) is 22.2 Å². The lowest BCUT2D eigenvalue weighted by molar-refractivity contribution is -0.144. The van der Waals surface area contributed by atoms with Gasteiger partial charge in [0.2, 0.25) is 0 Å². The molecule has 2 N–H and O–H groups in total. The molecule has 1 aliphatic carbocycles. The normalized spacial score (nSPS) is 21.9. The van der Waals surface area contributed by atoms with Crippen LogP contribution in [0, 0.1) is 5.41 Å². The van der Waals surface area contributed by atoms with Crippen molar-refractivity contribution in [2.45, 2.75) is 13.3 Å². The van der Waals surface area contributed by atoms with Crippen molar-refractivity contribution in [2.75, 3.05) is 0 Å². The third kappa shape index (κ3) is 2.54. The van der Waals surface area contributed by atoms with E-state index in [0.29, 0.717) is 5.57 Å². The molecule has 1 aromatic rings. The van der Waals surface area contributed by atoms with Crippen LogP contribution >= 0.6 is 15.9 Å². The van der Waals surface area contributed by atoms with E-state index in [9.17, 15) is 14.7 Å². The molecule has 0 saturated heterocycles. The van der Waals surface area contributed by atoms with Gasteiger partial charge >= 0.3 is 11.9 Å². The summed E-state index contributed by atoms with van der Waals surface area (Å²) in [7, 11) is 0. The number of halogens is 1. The van der Waals surface area contributed by atoms with Crippen molar-refractivity contribution in [1.82, 2.24) is 0 Å². The zero-order chi connectivity index (χ0) is 14.9. The van der Waals surface area contributed by atoms with E-state index in [2.05, 4.69) is 15.9 Å². The van der Waals surface area contributed by atoms with E-state index < -0.39 is 17.4 Å². The van der Waals surface area contributed by atoms with Crippen LogP contribution in [0.15, 0.2) is 46.5 Å². The number of aliphatic carboxylic acids is 2. The second-order valence-electron chi connectivity index (χ2n) is 4.90. The largest absolute Gasteiger partial charge is 0.481 e. The minimum absolute atomic E-state index is 0.0282. The topological polar surface area (TPSA) is 74.6 Å². The molecule has 1 aliphatic rings. The number of carboxylic acid groups (broad SMARTS) is 2. The summed E-state index contributed by atoms with van der Waals surface area (Å²) in [4.78, 5) is 22.7. The highest BCUT2D eigenvalue weighted by molar-refractivity contribution is 9.10. The number of carboxylic acids is 2. The third-order valence-electron chi connectivity index (χ3n) is 3.49. The summed E-state index contributed by atoms with van der Waals surface area (Å²) < 4.78 is 0.899. The monoisotopic (exact) mass is 336 g/mol. The van der Waals surface area contributed by atoms with E-state index in [4.69, 9.17) is 5.11 Å². The molecule has 5 heteroatoms. The zero-order valence-electron chi connectivity index (χ0n) is 10.8. The maximum atomic E-state index is 11.6. The highest BCUT2D eigenvalue weighted by Crippen LogP contribution is 2.43. The van der Waals surface area contributed by atoms with Crippen molar-refractivity contribution < 1.29 is 19.8 Å². The van der Waals surface area contributed by atoms with Gasteiger partial charge in [-0.15, -0.1) is 0 Å². The van der Waals surface area contributed by atoms with E-state index in [0.717, 1.165) is 10.0 Å². The van der Waals surface area contributed by atoms with Crippen LogP contribution in [0.5, 0.6) is 0 Å². The van der Waals surface area contributed by atoms with Crippen molar-refractivity contribution in [1.29, 1.82) is 0 Å². The molecule has 0 bridgehead atoms. The highest BCUT2D eigenvalue weighted by atomic mass is 79.9. The number of hydrogen-bond donors (Lipinski definition) is 2. The summed E-state index contributed by atoms with van der Waals surface area (Å²) >= 11 is 3.33. The summed E-state index contributed by atoms with van der Waals surface area (Å²) in [5.41, 5.74) is 0.257. The number of hydrogen-bond acceptors (Lipinski definition) is 2. The van der Waals surface area contributed by atoms with Crippen LogP contribution in [0.3, 0.4) is 0 Å². The number of carbonyl (C=O) groups is 2. The van der Waals surface area contributed by atoms with Crippen molar-refractivity contribution in [3.05, 3.63) is 52.0 Å². The van der Waals surface area contributed by atoms with Crippen LogP contribution in [0.1, 0.15) is 18.9 Å². The molecule has 0 saturated carbocycles. The van der Waals surface area contributed by atoms with Crippen LogP contribution in [0.25, 0.3) is 5.57 Å². The highest BCUT2D eigenvalue weighted by Gasteiger charge is 2.41. The molecule has 0 amide bonds. The standard InChI is InChI=1S/C15H13BrO4/c1-15(14(19)20)8-10(13(17)18)4-7-12(15)9-2-5-11(16)6-3-9/h2-7H,8H2,1H3,(H,17,18)(H,19,20). The Bertz CT molecular complexity index is 628. The van der Waals surface area contributed by atoms with Crippen molar-refractivity contribution in [2.24, 2.45) is 5.41 Å². The first kappa shape index (κ1) is 14.5. The Morgan fingerprint density at radius 1 is 1.15 bits per heavy atom. The maximum absolute atomic E-state index is 11.6. The van der Waals surface area contributed by atoms with Crippen LogP contribution in [-0.2, 0) is 9.59 Å². The van der Waals surface area contributed by atoms with Gasteiger partial charge in [-0.2, -0.15) is 0 Å². The van der Waals surface area contributed by atoms with Gasteiger partial charge in [0.05, 0.1) is 5.41 Å². The quantitative estimate of drug-likeness (QED) is 0.887. The smallest absolute Gasteiger partial charge is 0.331 e. The summed E-state index contributed by atoms with van der Waals surface area (Å²) in [5.74, 6) is -2.11. The van der Waals surface area contributed by atoms with Gasteiger partial charge in [0, 0.05) is 10.0 Å². The van der Waals surface area contributed by atoms with E-state index >= 15 is 0 Å². The van der Waals surface area contributed by atoms with Gasteiger partial charge in [-0.1, -0.05) is 40.2 Å². The second-order valence-corrected chi connectivity index (χ2v) is 5.81. The average molecular weight is 337 g/mol. The van der Waals surface area contributed by atoms with Crippen molar-refractivity contribution in [3.8, 4) is 0 Å². The number of rotatable bonds is 3. The number of allylic oxidation sites excluding steroid dienone is 2. The Hall–Kier alpha value is -1.88. The third-order valence-corrected chi connectivity index (χ3v) is 4.02. The lowest BCUT2D eigenvalue weighted by Crippen LogP contribution is -2.32. The molecule has 0 heterocycles. The van der Waals surface area contributed by atoms with Gasteiger partial charge in [-0.3, -0.25) is 4.79 Å². The molecule has 0 aliphatic heterocycles. The molecule has 0 aromatic heterocycles. The Morgan fingerprint density at radius 2 is 1.75 bits per heavy atom. The van der Waals surface area contributed by atoms with Crippen LogP contribution in [0.4, 0.5) is 0 Å². The van der Waals surface area contributed by atoms with Gasteiger partial charge in [0.1, 0.15) is 0 Å². The fraction of sp³-hybridized carbons (Fsp3) is 0.200. The maximum Gasteiger partial charge on any atom is 0.331 e. The minimum Gasteiger partial charge on any atom is -0.481 e. The Kier molecular flexibility index (Phi) is 3.81. The summed E-state index contributed by atoms with van der Waals surface area (Å²) in [6.07, 6.45) is 3.04. The van der Waals surface area contributed by atoms with Gasteiger partial charge in [0.15, 0.2) is 0 Å². The fourth-order valence-electron chi connectivity index (χ4n) is 2.28. The number of benzene rings is 1. The fourth-order valence-corrected chi connectivity index (χ4v) is 2.55. The molecular formula is C15H13BrO4. The van der Waals surface area contributed by atoms with E-state index in [1.807, 2.05) is 24.3 Å². The van der Waals surface area contributed by atoms with Gasteiger partial charge in [-0.25, -0.2) is 4.79 Å². The molecule has 1 atom stereocenters. The zero-order valence-corrected chi connectivity index (χ0v) is 12.3. The summed E-state index contributed by atoms with van der Waals surface area (Å²) in [6.45, 7) is 1.55. The lowest BCUT2D eigenvalue weighted by Gasteiger charge is -2.31. The predicted octanol–water partition coefficient (Wildman–Crippen LogP) is 3.34. The van der Waals surface area contributed by atoms with E-state index in [1.165, 1.54) is 6.08 Å². The lowest BCUT2D eigenvalue weighted by atomic mass is 9.71. The van der Waals surface area contributed by atoms with Gasteiger partial charge in [-0.05, 0) is 36.6 Å². The molecule has 20 heavy (non-hydrogen) atoms. The Balaban J connectivity index is 2.54.